The van der Waals surface area contributed by atoms with Gasteiger partial charge in [-0.1, -0.05) is 36.4 Å². The zero-order valence-corrected chi connectivity index (χ0v) is 18.7. The number of nitrogens with two attached hydrogens (primary N) is 1. The Hall–Kier alpha value is -3.59. The van der Waals surface area contributed by atoms with Gasteiger partial charge in [0.2, 0.25) is 11.5 Å². The van der Waals surface area contributed by atoms with E-state index in [1.807, 2.05) is 30.3 Å². The monoisotopic (exact) mass is 468 g/mol. The first-order valence-electron chi connectivity index (χ1n) is 10.9. The van der Waals surface area contributed by atoms with Crippen molar-refractivity contribution in [2.45, 2.75) is 37.3 Å². The summed E-state index contributed by atoms with van der Waals surface area (Å²) in [6.45, 7) is 1.78. The molecule has 178 valence electrons. The van der Waals surface area contributed by atoms with Crippen LogP contribution in [0.1, 0.15) is 36.1 Å². The van der Waals surface area contributed by atoms with E-state index in [1.54, 1.807) is 24.0 Å². The standard InChI is InChI=1S/C25H26F2N4O3/c1-24(23(28)33,21-9-8-19(14-29-21)34-16-17-5-3-2-4-6-17)31-12-11-25(26,27)20(15-31)18-7-10-22(32)30-13-18/h2-10,13-14,20H,11-12,15-16H2,1H3,(H2,28,33)(H,30,32)/t20-,24?/m1/s1. The van der Waals surface area contributed by atoms with Gasteiger partial charge in [-0.15, -0.1) is 0 Å². The Morgan fingerprint density at radius 2 is 2.00 bits per heavy atom. The summed E-state index contributed by atoms with van der Waals surface area (Å²) in [5.41, 5.74) is 5.64. The van der Waals surface area contributed by atoms with Gasteiger partial charge >= 0.3 is 0 Å². The van der Waals surface area contributed by atoms with Crippen molar-refractivity contribution in [3.8, 4) is 5.75 Å². The largest absolute Gasteiger partial charge is 0.487 e. The van der Waals surface area contributed by atoms with E-state index in [-0.39, 0.29) is 18.6 Å². The molecule has 3 heterocycles. The number of amides is 1. The molecule has 0 saturated carbocycles. The van der Waals surface area contributed by atoms with Crippen molar-refractivity contribution in [1.82, 2.24) is 14.9 Å². The summed E-state index contributed by atoms with van der Waals surface area (Å²) in [6.07, 6.45) is 2.33. The van der Waals surface area contributed by atoms with Gasteiger partial charge in [0.1, 0.15) is 17.9 Å². The molecule has 2 aromatic heterocycles. The third-order valence-corrected chi connectivity index (χ3v) is 6.43. The van der Waals surface area contributed by atoms with Crippen LogP contribution >= 0.6 is 0 Å². The molecule has 0 aliphatic carbocycles. The second kappa shape index (κ2) is 9.34. The number of likely N-dealkylation sites (tertiary alicyclic amines) is 1. The molecule has 2 atom stereocenters. The molecule has 0 radical (unpaired) electrons. The van der Waals surface area contributed by atoms with Gasteiger partial charge in [0.15, 0.2) is 0 Å². The van der Waals surface area contributed by atoms with Gasteiger partial charge in [-0.3, -0.25) is 19.5 Å². The van der Waals surface area contributed by atoms with Crippen molar-refractivity contribution in [2.24, 2.45) is 5.73 Å². The molecular weight excluding hydrogens is 442 g/mol. The number of hydrogen-bond acceptors (Lipinski definition) is 5. The molecule has 0 spiro atoms. The molecule has 1 fully saturated rings. The maximum Gasteiger partial charge on any atom is 0.257 e. The highest BCUT2D eigenvalue weighted by molar-refractivity contribution is 5.85. The van der Waals surface area contributed by atoms with Crippen LogP contribution in [0, 0.1) is 0 Å². The number of piperidine rings is 1. The average molecular weight is 469 g/mol. The van der Waals surface area contributed by atoms with Crippen LogP contribution in [0.3, 0.4) is 0 Å². The Bertz CT molecular complexity index is 1180. The second-order valence-electron chi connectivity index (χ2n) is 8.59. The Morgan fingerprint density at radius 1 is 1.24 bits per heavy atom. The van der Waals surface area contributed by atoms with E-state index < -0.39 is 29.7 Å². The number of primary amides is 1. The van der Waals surface area contributed by atoms with Gasteiger partial charge in [0.25, 0.3) is 5.92 Å². The molecule has 1 unspecified atom stereocenters. The molecule has 1 aliphatic heterocycles. The van der Waals surface area contributed by atoms with Crippen LogP contribution < -0.4 is 16.0 Å². The number of nitrogens with zero attached hydrogens (tertiary/aromatic N) is 2. The van der Waals surface area contributed by atoms with Crippen molar-refractivity contribution in [3.05, 3.63) is 94.2 Å². The van der Waals surface area contributed by atoms with Gasteiger partial charge in [0.05, 0.1) is 17.8 Å². The summed E-state index contributed by atoms with van der Waals surface area (Å²) in [5, 5.41) is 0. The molecule has 0 bridgehead atoms. The molecule has 1 aliphatic rings. The van der Waals surface area contributed by atoms with Gasteiger partial charge in [-0.05, 0) is 30.2 Å². The van der Waals surface area contributed by atoms with Crippen LogP contribution in [0.4, 0.5) is 8.78 Å². The first-order chi connectivity index (χ1) is 16.2. The first-order valence-corrected chi connectivity index (χ1v) is 10.9. The highest BCUT2D eigenvalue weighted by Gasteiger charge is 2.51. The third-order valence-electron chi connectivity index (χ3n) is 6.43. The quantitative estimate of drug-likeness (QED) is 0.555. The number of carbonyl (C=O) groups is 1. The smallest absolute Gasteiger partial charge is 0.257 e. The molecule has 4 rings (SSSR count). The number of carbonyl (C=O) groups excluding carboxylic acids is 1. The number of nitrogens with one attached hydrogen (secondary N) is 1. The lowest BCUT2D eigenvalue weighted by Crippen LogP contribution is -2.59. The predicted octanol–water partition coefficient (Wildman–Crippen LogP) is 3.17. The zero-order valence-electron chi connectivity index (χ0n) is 18.7. The van der Waals surface area contributed by atoms with E-state index in [1.165, 1.54) is 24.5 Å². The Labute approximate surface area is 195 Å². The Morgan fingerprint density at radius 3 is 2.62 bits per heavy atom. The van der Waals surface area contributed by atoms with E-state index >= 15 is 0 Å². The SMILES string of the molecule is CC(C(N)=O)(c1ccc(OCc2ccccc2)cn1)N1CCC(F)(F)[C@@H](c2ccc(=O)[nH]c2)C1. The normalized spacial score (nSPS) is 19.8. The highest BCUT2D eigenvalue weighted by Crippen LogP contribution is 2.43. The van der Waals surface area contributed by atoms with Crippen LogP contribution in [0.15, 0.2) is 71.8 Å². The van der Waals surface area contributed by atoms with Crippen LogP contribution in [-0.4, -0.2) is 39.8 Å². The highest BCUT2D eigenvalue weighted by atomic mass is 19.3. The van der Waals surface area contributed by atoms with E-state index in [4.69, 9.17) is 10.5 Å². The van der Waals surface area contributed by atoms with Crippen molar-refractivity contribution in [2.75, 3.05) is 13.1 Å². The number of pyridine rings is 2. The Kier molecular flexibility index (Phi) is 6.47. The molecule has 3 N–H and O–H groups in total. The summed E-state index contributed by atoms with van der Waals surface area (Å²) < 4.78 is 35.4. The van der Waals surface area contributed by atoms with Crippen LogP contribution in [0.25, 0.3) is 0 Å². The van der Waals surface area contributed by atoms with E-state index in [0.717, 1.165) is 5.56 Å². The van der Waals surface area contributed by atoms with Crippen molar-refractivity contribution < 1.29 is 18.3 Å². The summed E-state index contributed by atoms with van der Waals surface area (Å²) in [4.78, 5) is 32.5. The minimum atomic E-state index is -3.00. The lowest BCUT2D eigenvalue weighted by Gasteiger charge is -2.46. The second-order valence-corrected chi connectivity index (χ2v) is 8.59. The zero-order chi connectivity index (χ0) is 24.3. The average Bonchev–Trinajstić information content (AvgIpc) is 2.84. The molecule has 1 saturated heterocycles. The third kappa shape index (κ3) is 4.70. The minimum absolute atomic E-state index is 0.0414. The predicted molar refractivity (Wildman–Crippen MR) is 122 cm³/mol. The van der Waals surface area contributed by atoms with Gasteiger partial charge in [-0.25, -0.2) is 8.78 Å². The number of hydrogen-bond donors (Lipinski definition) is 2. The molecule has 1 amide bonds. The fourth-order valence-electron chi connectivity index (χ4n) is 4.24. The fraction of sp³-hybridized carbons (Fsp3) is 0.320. The lowest BCUT2D eigenvalue weighted by atomic mass is 9.83. The first kappa shape index (κ1) is 23.6. The number of halogens is 2. The number of rotatable bonds is 7. The molecule has 7 nitrogen and oxygen atoms in total. The van der Waals surface area contributed by atoms with Crippen LogP contribution in [0.2, 0.25) is 0 Å². The van der Waals surface area contributed by atoms with Crippen molar-refractivity contribution in [3.63, 3.8) is 0 Å². The van der Waals surface area contributed by atoms with Gasteiger partial charge in [-0.2, -0.15) is 0 Å². The molecule has 1 aromatic carbocycles. The number of H-pyrrole nitrogens is 1. The Balaban J connectivity index is 1.56. The fourth-order valence-corrected chi connectivity index (χ4v) is 4.24. The maximum absolute atomic E-state index is 14.8. The van der Waals surface area contributed by atoms with E-state index in [2.05, 4.69) is 9.97 Å². The lowest BCUT2D eigenvalue weighted by molar-refractivity contribution is -0.139. The minimum Gasteiger partial charge on any atom is -0.487 e. The van der Waals surface area contributed by atoms with E-state index in [0.29, 0.717) is 23.6 Å². The summed E-state index contributed by atoms with van der Waals surface area (Å²) in [6, 6.07) is 15.6. The number of alkyl halides is 2. The summed E-state index contributed by atoms with van der Waals surface area (Å²) in [7, 11) is 0. The molecule has 34 heavy (non-hydrogen) atoms. The molecular formula is C25H26F2N4O3. The molecule has 9 heteroatoms. The van der Waals surface area contributed by atoms with Gasteiger partial charge in [0, 0.05) is 31.8 Å². The van der Waals surface area contributed by atoms with Crippen LogP contribution in [0.5, 0.6) is 5.75 Å². The number of benzene rings is 1. The maximum atomic E-state index is 14.8. The van der Waals surface area contributed by atoms with Crippen LogP contribution in [-0.2, 0) is 16.9 Å². The number of ether oxygens (including phenoxy) is 1. The van der Waals surface area contributed by atoms with Crippen molar-refractivity contribution >= 4 is 5.91 Å². The van der Waals surface area contributed by atoms with Gasteiger partial charge < -0.3 is 15.5 Å². The number of aromatic nitrogens is 2. The summed E-state index contributed by atoms with van der Waals surface area (Å²) in [5.74, 6) is -4.40. The van der Waals surface area contributed by atoms with E-state index in [9.17, 15) is 18.4 Å². The topological polar surface area (TPSA) is 101 Å². The molecule has 3 aromatic rings. The van der Waals surface area contributed by atoms with Crippen molar-refractivity contribution in [1.29, 1.82) is 0 Å². The summed E-state index contributed by atoms with van der Waals surface area (Å²) >= 11 is 0. The number of aromatic amines is 1.